The Labute approximate surface area is 149 Å². The number of rotatable bonds is 3. The van der Waals surface area contributed by atoms with E-state index in [1.165, 1.54) is 16.8 Å². The van der Waals surface area contributed by atoms with Crippen LogP contribution >= 0.6 is 12.2 Å². The molecule has 1 atom stereocenters. The molecular weight excluding hydrogens is 314 g/mol. The van der Waals surface area contributed by atoms with Crippen LogP contribution in [0.3, 0.4) is 0 Å². The lowest BCUT2D eigenvalue weighted by Crippen LogP contribution is -2.54. The van der Waals surface area contributed by atoms with Crippen molar-refractivity contribution in [1.29, 1.82) is 0 Å². The van der Waals surface area contributed by atoms with E-state index in [0.717, 1.165) is 31.0 Å². The molecule has 0 amide bonds. The predicted molar refractivity (Wildman–Crippen MR) is 102 cm³/mol. The quantitative estimate of drug-likeness (QED) is 0.760. The van der Waals surface area contributed by atoms with Gasteiger partial charge in [-0.1, -0.05) is 55.8 Å². The summed E-state index contributed by atoms with van der Waals surface area (Å²) in [6.07, 6.45) is 2.19. The zero-order valence-electron chi connectivity index (χ0n) is 14.3. The Morgan fingerprint density at radius 2 is 1.58 bits per heavy atom. The zero-order chi connectivity index (χ0) is 16.7. The second-order valence-corrected chi connectivity index (χ2v) is 7.17. The van der Waals surface area contributed by atoms with Crippen molar-refractivity contribution in [2.75, 3.05) is 4.90 Å². The number of hydrazine groups is 1. The van der Waals surface area contributed by atoms with Gasteiger partial charge in [0.25, 0.3) is 0 Å². The molecule has 0 radical (unpaired) electrons. The first kappa shape index (κ1) is 15.6. The summed E-state index contributed by atoms with van der Waals surface area (Å²) in [5.74, 6) is 0. The number of anilines is 1. The van der Waals surface area contributed by atoms with Gasteiger partial charge in [0.1, 0.15) is 5.66 Å². The molecule has 2 heterocycles. The first-order chi connectivity index (χ1) is 11.6. The lowest BCUT2D eigenvalue weighted by atomic mass is 10.00. The van der Waals surface area contributed by atoms with Crippen molar-refractivity contribution < 1.29 is 0 Å². The predicted octanol–water partition coefficient (Wildman–Crippen LogP) is 4.54. The number of thiocarbonyl (C=S) groups is 1. The minimum Gasteiger partial charge on any atom is -0.297 e. The summed E-state index contributed by atoms with van der Waals surface area (Å²) >= 11 is 5.92. The van der Waals surface area contributed by atoms with E-state index in [0.29, 0.717) is 0 Å². The third kappa shape index (κ3) is 2.25. The molecule has 2 aliphatic heterocycles. The number of hydrogen-bond donors (Lipinski definition) is 0. The molecule has 1 fully saturated rings. The lowest BCUT2D eigenvalue weighted by molar-refractivity contribution is -0.0445. The van der Waals surface area contributed by atoms with Crippen molar-refractivity contribution in [1.82, 2.24) is 10.0 Å². The fraction of sp³-hybridized carbons (Fsp3) is 0.350. The van der Waals surface area contributed by atoms with E-state index >= 15 is 0 Å². The molecule has 0 spiro atoms. The van der Waals surface area contributed by atoms with Crippen LogP contribution in [0.25, 0.3) is 0 Å². The van der Waals surface area contributed by atoms with Crippen LogP contribution in [-0.4, -0.2) is 20.8 Å². The standard InChI is InChI=1S/C20H23N3S/c1-3-13-20(2)22-15-17-10-8-7-9-16(17)14-21(22)19(24)23(20)18-11-5-4-6-12-18/h4-12H,3,13-15H2,1-2H3. The van der Waals surface area contributed by atoms with E-state index in [4.69, 9.17) is 12.2 Å². The highest BCUT2D eigenvalue weighted by Crippen LogP contribution is 2.43. The van der Waals surface area contributed by atoms with Gasteiger partial charge in [-0.3, -0.25) is 9.91 Å². The molecule has 0 aliphatic carbocycles. The van der Waals surface area contributed by atoms with Crippen LogP contribution in [0, 0.1) is 0 Å². The van der Waals surface area contributed by atoms with Gasteiger partial charge in [-0.2, -0.15) is 5.01 Å². The molecular formula is C20H23N3S. The summed E-state index contributed by atoms with van der Waals surface area (Å²) in [6, 6.07) is 19.3. The summed E-state index contributed by atoms with van der Waals surface area (Å²) in [5, 5.41) is 5.67. The highest BCUT2D eigenvalue weighted by Gasteiger charge is 2.51. The topological polar surface area (TPSA) is 9.72 Å². The molecule has 2 aromatic carbocycles. The second-order valence-electron chi connectivity index (χ2n) is 6.80. The largest absolute Gasteiger partial charge is 0.297 e. The van der Waals surface area contributed by atoms with E-state index < -0.39 is 0 Å². The van der Waals surface area contributed by atoms with Gasteiger partial charge in [-0.05, 0) is 48.8 Å². The second kappa shape index (κ2) is 5.87. The van der Waals surface area contributed by atoms with E-state index in [-0.39, 0.29) is 5.66 Å². The molecule has 0 bridgehead atoms. The fourth-order valence-electron chi connectivity index (χ4n) is 4.08. The number of benzene rings is 2. The Morgan fingerprint density at radius 1 is 0.958 bits per heavy atom. The number of para-hydroxylation sites is 1. The van der Waals surface area contributed by atoms with Crippen molar-refractivity contribution in [2.24, 2.45) is 0 Å². The molecule has 0 N–H and O–H groups in total. The molecule has 1 saturated heterocycles. The highest BCUT2D eigenvalue weighted by atomic mass is 32.1. The average Bonchev–Trinajstić information content (AvgIpc) is 2.81. The van der Waals surface area contributed by atoms with Crippen LogP contribution in [0.4, 0.5) is 5.69 Å². The Kier molecular flexibility index (Phi) is 3.82. The normalized spacial score (nSPS) is 23.3. The van der Waals surface area contributed by atoms with Crippen molar-refractivity contribution in [2.45, 2.75) is 45.4 Å². The SMILES string of the molecule is CCCC1(C)N(c2ccccc2)C(=S)N2Cc3ccccc3CN21. The molecule has 2 aliphatic rings. The number of nitrogens with zero attached hydrogens (tertiary/aromatic N) is 3. The van der Waals surface area contributed by atoms with Crippen LogP contribution < -0.4 is 4.90 Å². The van der Waals surface area contributed by atoms with Gasteiger partial charge in [0, 0.05) is 12.2 Å². The molecule has 0 saturated carbocycles. The van der Waals surface area contributed by atoms with Gasteiger partial charge in [0.2, 0.25) is 0 Å². The smallest absolute Gasteiger partial charge is 0.192 e. The summed E-state index contributed by atoms with van der Waals surface area (Å²) in [6.45, 7) is 6.34. The Bertz CT molecular complexity index is 760. The summed E-state index contributed by atoms with van der Waals surface area (Å²) in [5.41, 5.74) is 3.84. The molecule has 4 heteroatoms. The summed E-state index contributed by atoms with van der Waals surface area (Å²) in [7, 11) is 0. The Balaban J connectivity index is 1.80. The van der Waals surface area contributed by atoms with Gasteiger partial charge in [-0.15, -0.1) is 0 Å². The highest BCUT2D eigenvalue weighted by molar-refractivity contribution is 7.80. The van der Waals surface area contributed by atoms with Crippen molar-refractivity contribution in [3.05, 3.63) is 65.7 Å². The van der Waals surface area contributed by atoms with Gasteiger partial charge >= 0.3 is 0 Å². The molecule has 4 rings (SSSR count). The first-order valence-electron chi connectivity index (χ1n) is 8.66. The minimum atomic E-state index is -0.124. The van der Waals surface area contributed by atoms with Gasteiger partial charge < -0.3 is 0 Å². The van der Waals surface area contributed by atoms with Crippen molar-refractivity contribution in [3.8, 4) is 0 Å². The van der Waals surface area contributed by atoms with Gasteiger partial charge in [0.05, 0.1) is 6.54 Å². The maximum absolute atomic E-state index is 5.92. The Morgan fingerprint density at radius 3 is 2.25 bits per heavy atom. The maximum atomic E-state index is 5.92. The van der Waals surface area contributed by atoms with Gasteiger partial charge in [0.15, 0.2) is 5.11 Å². The first-order valence-corrected chi connectivity index (χ1v) is 9.07. The number of hydrogen-bond acceptors (Lipinski definition) is 2. The van der Waals surface area contributed by atoms with Crippen LogP contribution in [0.5, 0.6) is 0 Å². The molecule has 24 heavy (non-hydrogen) atoms. The van der Waals surface area contributed by atoms with E-state index in [9.17, 15) is 0 Å². The average molecular weight is 337 g/mol. The molecule has 124 valence electrons. The number of fused-ring (bicyclic) bond motifs is 2. The van der Waals surface area contributed by atoms with Crippen LogP contribution in [-0.2, 0) is 13.1 Å². The van der Waals surface area contributed by atoms with E-state index in [1.807, 2.05) is 0 Å². The van der Waals surface area contributed by atoms with E-state index in [2.05, 4.69) is 83.4 Å². The van der Waals surface area contributed by atoms with Gasteiger partial charge in [-0.25, -0.2) is 0 Å². The third-order valence-corrected chi connectivity index (χ3v) is 5.63. The van der Waals surface area contributed by atoms with Crippen molar-refractivity contribution >= 4 is 23.0 Å². The molecule has 2 aromatic rings. The zero-order valence-corrected chi connectivity index (χ0v) is 15.1. The lowest BCUT2D eigenvalue weighted by Gasteiger charge is -2.43. The van der Waals surface area contributed by atoms with E-state index in [1.54, 1.807) is 0 Å². The van der Waals surface area contributed by atoms with Crippen LogP contribution in [0.2, 0.25) is 0 Å². The molecule has 1 unspecified atom stereocenters. The third-order valence-electron chi connectivity index (χ3n) is 5.24. The maximum Gasteiger partial charge on any atom is 0.192 e. The Hall–Kier alpha value is -1.91. The summed E-state index contributed by atoms with van der Waals surface area (Å²) < 4.78 is 0. The minimum absolute atomic E-state index is 0.124. The summed E-state index contributed by atoms with van der Waals surface area (Å²) in [4.78, 5) is 2.34. The fourth-order valence-corrected chi connectivity index (χ4v) is 4.54. The van der Waals surface area contributed by atoms with Crippen molar-refractivity contribution in [3.63, 3.8) is 0 Å². The van der Waals surface area contributed by atoms with Crippen LogP contribution in [0.1, 0.15) is 37.8 Å². The molecule has 3 nitrogen and oxygen atoms in total. The monoisotopic (exact) mass is 337 g/mol. The molecule has 0 aromatic heterocycles. The van der Waals surface area contributed by atoms with Crippen LogP contribution in [0.15, 0.2) is 54.6 Å².